The van der Waals surface area contributed by atoms with E-state index in [0.29, 0.717) is 35.2 Å². The Labute approximate surface area is 205 Å². The molecule has 0 spiro atoms. The van der Waals surface area contributed by atoms with Crippen molar-refractivity contribution in [3.63, 3.8) is 0 Å². The van der Waals surface area contributed by atoms with Gasteiger partial charge in [-0.3, -0.25) is 14.4 Å². The third-order valence-electron chi connectivity index (χ3n) is 7.82. The summed E-state index contributed by atoms with van der Waals surface area (Å²) in [6.07, 6.45) is 4.47. The monoisotopic (exact) mass is 482 g/mol. The highest BCUT2D eigenvalue weighted by molar-refractivity contribution is 5.97. The molecule has 2 aliphatic rings. The lowest BCUT2D eigenvalue weighted by Crippen LogP contribution is -2.60. The van der Waals surface area contributed by atoms with E-state index < -0.39 is 11.7 Å². The van der Waals surface area contributed by atoms with E-state index in [1.165, 1.54) is 17.0 Å². The molecule has 7 nitrogen and oxygen atoms in total. The minimum atomic E-state index is -0.613. The first-order valence-corrected chi connectivity index (χ1v) is 12.4. The summed E-state index contributed by atoms with van der Waals surface area (Å²) in [7, 11) is 0. The van der Waals surface area contributed by atoms with E-state index in [4.69, 9.17) is 0 Å². The zero-order valence-electron chi connectivity index (χ0n) is 21.3. The smallest absolute Gasteiger partial charge is 0.267 e. The van der Waals surface area contributed by atoms with Crippen molar-refractivity contribution in [2.45, 2.75) is 78.8 Å². The number of benzene rings is 1. The molecule has 1 unspecified atom stereocenters. The van der Waals surface area contributed by atoms with Crippen molar-refractivity contribution in [3.05, 3.63) is 62.3 Å². The van der Waals surface area contributed by atoms with Crippen LogP contribution in [0.5, 0.6) is 0 Å². The maximum atomic E-state index is 14.7. The maximum absolute atomic E-state index is 14.7. The van der Waals surface area contributed by atoms with Gasteiger partial charge in [-0.15, -0.1) is 0 Å². The second-order valence-electron chi connectivity index (χ2n) is 11.0. The van der Waals surface area contributed by atoms with E-state index >= 15 is 0 Å². The van der Waals surface area contributed by atoms with Gasteiger partial charge in [-0.25, -0.2) is 9.49 Å². The Balaban J connectivity index is 1.49. The average molecular weight is 483 g/mol. The molecule has 8 heteroatoms. The molecule has 1 saturated carbocycles. The number of nitrogens with one attached hydrogen (secondary N) is 1. The largest absolute Gasteiger partial charge is 0.334 e. The first kappa shape index (κ1) is 25.1. The fraction of sp³-hybridized carbons (Fsp3) is 0.556. The molecule has 188 valence electrons. The standard InChI is InChI=1S/C27H35FN4O3/c1-16-14-31(15-24(33)32(16)20-8-10-27(4,5)11-9-20)26(35)21-12-19(6-7-22(21)28)13-23-17(2)18(3)25(34)30-29-23/h6-7,12,16,20H,8-11,13-15H2,1-5H3,(H,30,34). The van der Waals surface area contributed by atoms with Crippen LogP contribution in [0.1, 0.15) is 79.2 Å². The molecule has 1 atom stereocenters. The van der Waals surface area contributed by atoms with Gasteiger partial charge in [-0.05, 0) is 75.1 Å². The molecular formula is C27H35FN4O3. The van der Waals surface area contributed by atoms with Crippen LogP contribution in [-0.4, -0.2) is 57.0 Å². The Kier molecular flexibility index (Phi) is 6.84. The van der Waals surface area contributed by atoms with E-state index in [1.807, 2.05) is 18.7 Å². The number of H-pyrrole nitrogens is 1. The van der Waals surface area contributed by atoms with Gasteiger partial charge in [0.1, 0.15) is 12.4 Å². The fourth-order valence-corrected chi connectivity index (χ4v) is 5.40. The molecule has 1 aliphatic heterocycles. The van der Waals surface area contributed by atoms with Crippen molar-refractivity contribution in [2.75, 3.05) is 13.1 Å². The molecule has 2 aromatic rings. The number of carbonyl (C=O) groups is 2. The van der Waals surface area contributed by atoms with Crippen LogP contribution < -0.4 is 5.56 Å². The van der Waals surface area contributed by atoms with Gasteiger partial charge in [0, 0.05) is 30.6 Å². The van der Waals surface area contributed by atoms with Gasteiger partial charge in [-0.2, -0.15) is 5.10 Å². The normalized spacial score (nSPS) is 20.9. The number of hydrogen-bond acceptors (Lipinski definition) is 4. The number of aromatic nitrogens is 2. The fourth-order valence-electron chi connectivity index (χ4n) is 5.40. The highest BCUT2D eigenvalue weighted by Crippen LogP contribution is 2.38. The number of hydrogen-bond donors (Lipinski definition) is 1. The molecule has 2 fully saturated rings. The highest BCUT2D eigenvalue weighted by atomic mass is 19.1. The van der Waals surface area contributed by atoms with E-state index in [-0.39, 0.29) is 35.7 Å². The third-order valence-corrected chi connectivity index (χ3v) is 7.82. The molecule has 2 heterocycles. The molecule has 1 aliphatic carbocycles. The molecule has 1 saturated heterocycles. The molecule has 1 aromatic carbocycles. The Morgan fingerprint density at radius 3 is 2.51 bits per heavy atom. The molecule has 4 rings (SSSR count). The predicted molar refractivity (Wildman–Crippen MR) is 132 cm³/mol. The lowest BCUT2D eigenvalue weighted by Gasteiger charge is -2.47. The Hall–Kier alpha value is -3.03. The topological polar surface area (TPSA) is 86.4 Å². The van der Waals surface area contributed by atoms with Crippen LogP contribution in [0.4, 0.5) is 4.39 Å². The van der Waals surface area contributed by atoms with Crippen LogP contribution in [-0.2, 0) is 11.2 Å². The second kappa shape index (κ2) is 9.55. The Bertz CT molecular complexity index is 1200. The summed E-state index contributed by atoms with van der Waals surface area (Å²) in [6.45, 7) is 10.4. The molecule has 1 N–H and O–H groups in total. The van der Waals surface area contributed by atoms with Crippen molar-refractivity contribution < 1.29 is 14.0 Å². The van der Waals surface area contributed by atoms with Crippen LogP contribution in [0.2, 0.25) is 0 Å². The van der Waals surface area contributed by atoms with Crippen molar-refractivity contribution >= 4 is 11.8 Å². The molecule has 35 heavy (non-hydrogen) atoms. The molecule has 2 amide bonds. The average Bonchev–Trinajstić information content (AvgIpc) is 2.80. The minimum absolute atomic E-state index is 0.0352. The van der Waals surface area contributed by atoms with Crippen molar-refractivity contribution in [2.24, 2.45) is 5.41 Å². The summed E-state index contributed by atoms with van der Waals surface area (Å²) in [5.41, 5.74) is 2.75. The summed E-state index contributed by atoms with van der Waals surface area (Å²) in [6, 6.07) is 4.52. The van der Waals surface area contributed by atoms with E-state index in [2.05, 4.69) is 24.0 Å². The SMILES string of the molecule is Cc1c(Cc2ccc(F)c(C(=O)N3CC(=O)N(C4CCC(C)(C)CC4)C(C)C3)c2)n[nH]c(=O)c1C. The zero-order chi connectivity index (χ0) is 25.5. The summed E-state index contributed by atoms with van der Waals surface area (Å²) in [4.78, 5) is 41.6. The van der Waals surface area contributed by atoms with Crippen molar-refractivity contribution in [1.29, 1.82) is 0 Å². The number of carbonyl (C=O) groups excluding carboxylic acids is 2. The lowest BCUT2D eigenvalue weighted by molar-refractivity contribution is -0.142. The molecule has 0 bridgehead atoms. The molecular weight excluding hydrogens is 447 g/mol. The van der Waals surface area contributed by atoms with Gasteiger partial charge in [0.05, 0.1) is 11.3 Å². The van der Waals surface area contributed by atoms with Crippen molar-refractivity contribution in [3.8, 4) is 0 Å². The zero-order valence-corrected chi connectivity index (χ0v) is 21.3. The quantitative estimate of drug-likeness (QED) is 0.719. The Morgan fingerprint density at radius 1 is 1.17 bits per heavy atom. The third kappa shape index (κ3) is 5.16. The molecule has 0 radical (unpaired) electrons. The number of halogens is 1. The molecule has 1 aromatic heterocycles. The van der Waals surface area contributed by atoms with Gasteiger partial charge >= 0.3 is 0 Å². The first-order chi connectivity index (χ1) is 16.5. The second-order valence-corrected chi connectivity index (χ2v) is 11.0. The number of piperazine rings is 1. The summed E-state index contributed by atoms with van der Waals surface area (Å²) in [5.74, 6) is -1.16. The number of aromatic amines is 1. The van der Waals surface area contributed by atoms with Gasteiger partial charge < -0.3 is 9.80 Å². The summed E-state index contributed by atoms with van der Waals surface area (Å²) < 4.78 is 14.7. The number of nitrogens with zero attached hydrogens (tertiary/aromatic N) is 3. The Morgan fingerprint density at radius 2 is 1.86 bits per heavy atom. The van der Waals surface area contributed by atoms with E-state index in [1.54, 1.807) is 13.0 Å². The summed E-state index contributed by atoms with van der Waals surface area (Å²) in [5, 5.41) is 6.60. The first-order valence-electron chi connectivity index (χ1n) is 12.4. The van der Waals surface area contributed by atoms with Crippen LogP contribution in [0.15, 0.2) is 23.0 Å². The van der Waals surface area contributed by atoms with Crippen molar-refractivity contribution in [1.82, 2.24) is 20.0 Å². The number of amides is 2. The maximum Gasteiger partial charge on any atom is 0.267 e. The van der Waals surface area contributed by atoms with Gasteiger partial charge in [0.2, 0.25) is 5.91 Å². The van der Waals surface area contributed by atoms with E-state index in [0.717, 1.165) is 31.2 Å². The van der Waals surface area contributed by atoms with Gasteiger partial charge in [0.25, 0.3) is 11.5 Å². The highest BCUT2D eigenvalue weighted by Gasteiger charge is 2.39. The van der Waals surface area contributed by atoms with Crippen LogP contribution in [0.25, 0.3) is 0 Å². The minimum Gasteiger partial charge on any atom is -0.334 e. The summed E-state index contributed by atoms with van der Waals surface area (Å²) >= 11 is 0. The van der Waals surface area contributed by atoms with Crippen LogP contribution in [0, 0.1) is 25.1 Å². The lowest BCUT2D eigenvalue weighted by atomic mass is 9.75. The van der Waals surface area contributed by atoms with Gasteiger partial charge in [-0.1, -0.05) is 19.9 Å². The van der Waals surface area contributed by atoms with E-state index in [9.17, 15) is 18.8 Å². The van der Waals surface area contributed by atoms with Gasteiger partial charge in [0.15, 0.2) is 0 Å². The number of rotatable bonds is 4. The van der Waals surface area contributed by atoms with Crippen LogP contribution >= 0.6 is 0 Å². The predicted octanol–water partition coefficient (Wildman–Crippen LogP) is 3.76. The van der Waals surface area contributed by atoms with Crippen LogP contribution in [0.3, 0.4) is 0 Å².